The van der Waals surface area contributed by atoms with Gasteiger partial charge in [-0.1, -0.05) is 83.7 Å². The quantitative estimate of drug-likeness (QED) is 0.124. The number of nitrogens with one attached hydrogen (secondary N) is 1. The number of aliphatic hydroxyl groups excluding tert-OH is 3. The lowest BCUT2D eigenvalue weighted by atomic mass is 9.81. The van der Waals surface area contributed by atoms with Crippen molar-refractivity contribution in [1.82, 2.24) is 5.32 Å². The molecule has 2 amide bonds. The standard InChI is InChI=1S/C31H50N2O7/c1-8-9-11-17(2)25(33-31(32)38)21(6)27(35)19(4)13-10-12-18(3)26(34)20(5)14-15-23-16-24-29(39-23)28(36)22(7)30(37)40-24/h8-12,14-15,17-29,34-36H,1,13,16H2,2-7H3,(H3,32,33,38)/b11-9-,12-10-,15-14-/t17-,18-,19-,20-,21+,22+,23+,24-,25-,26+,27+,28+,29-/m0/s1. The third-order valence-corrected chi connectivity index (χ3v) is 8.42. The van der Waals surface area contributed by atoms with E-state index in [1.54, 1.807) is 13.0 Å². The second kappa shape index (κ2) is 15.5. The first kappa shape index (κ1) is 33.7. The largest absolute Gasteiger partial charge is 0.459 e. The van der Waals surface area contributed by atoms with Gasteiger partial charge in [-0.15, -0.1) is 0 Å². The van der Waals surface area contributed by atoms with Crippen LogP contribution in [0, 0.1) is 35.5 Å². The van der Waals surface area contributed by atoms with Gasteiger partial charge in [0.2, 0.25) is 0 Å². The average molecular weight is 563 g/mol. The van der Waals surface area contributed by atoms with Gasteiger partial charge in [0.25, 0.3) is 0 Å². The van der Waals surface area contributed by atoms with Gasteiger partial charge in [0, 0.05) is 30.2 Å². The van der Waals surface area contributed by atoms with Crippen LogP contribution < -0.4 is 11.1 Å². The van der Waals surface area contributed by atoms with E-state index in [2.05, 4.69) is 11.9 Å². The van der Waals surface area contributed by atoms with Crippen LogP contribution in [0.3, 0.4) is 0 Å². The van der Waals surface area contributed by atoms with Crippen LogP contribution in [0.5, 0.6) is 0 Å². The maximum Gasteiger partial charge on any atom is 0.312 e. The van der Waals surface area contributed by atoms with Crippen molar-refractivity contribution in [2.45, 2.75) is 97.0 Å². The molecule has 226 valence electrons. The van der Waals surface area contributed by atoms with Crippen LogP contribution in [0.4, 0.5) is 4.79 Å². The van der Waals surface area contributed by atoms with Crippen molar-refractivity contribution in [3.63, 3.8) is 0 Å². The summed E-state index contributed by atoms with van der Waals surface area (Å²) in [5, 5.41) is 35.0. The SMILES string of the molecule is C=C/C=C\[C@H](C)[C@H](NC(N)=O)[C@@H](C)[C@H](O)[C@@H](C)C/C=C\[C@H](C)[C@@H](O)[C@@H](C)/C=C\[C@@H]1C[C@@H]2OC(=O)[C@H](C)[C@@H](O)[C@H]2O1. The van der Waals surface area contributed by atoms with Crippen LogP contribution in [-0.4, -0.2) is 70.0 Å². The zero-order chi connectivity index (χ0) is 30.1. The smallest absolute Gasteiger partial charge is 0.312 e. The summed E-state index contributed by atoms with van der Waals surface area (Å²) < 4.78 is 11.3. The van der Waals surface area contributed by atoms with E-state index in [4.69, 9.17) is 15.2 Å². The van der Waals surface area contributed by atoms with E-state index in [0.717, 1.165) is 0 Å². The second-order valence-corrected chi connectivity index (χ2v) is 11.7. The number of urea groups is 1. The predicted octanol–water partition coefficient (Wildman–Crippen LogP) is 3.25. The highest BCUT2D eigenvalue weighted by Gasteiger charge is 2.49. The van der Waals surface area contributed by atoms with Crippen molar-refractivity contribution in [3.05, 3.63) is 49.1 Å². The fourth-order valence-corrected chi connectivity index (χ4v) is 5.59. The van der Waals surface area contributed by atoms with Gasteiger partial charge < -0.3 is 35.8 Å². The summed E-state index contributed by atoms with van der Waals surface area (Å²) in [5.41, 5.74) is 5.39. The number of rotatable bonds is 14. The fraction of sp³-hybridized carbons (Fsp3) is 0.677. The molecule has 2 aliphatic rings. The van der Waals surface area contributed by atoms with Crippen molar-refractivity contribution in [3.8, 4) is 0 Å². The molecule has 40 heavy (non-hydrogen) atoms. The minimum atomic E-state index is -0.885. The van der Waals surface area contributed by atoms with Crippen molar-refractivity contribution < 1.29 is 34.4 Å². The second-order valence-electron chi connectivity index (χ2n) is 11.7. The van der Waals surface area contributed by atoms with Gasteiger partial charge in [-0.05, 0) is 25.2 Å². The minimum absolute atomic E-state index is 0.0510. The molecule has 0 radical (unpaired) electrons. The van der Waals surface area contributed by atoms with Crippen LogP contribution in [0.15, 0.2) is 49.1 Å². The van der Waals surface area contributed by atoms with Gasteiger partial charge in [0.05, 0.1) is 30.3 Å². The number of fused-ring (bicyclic) bond motifs is 1. The Morgan fingerprint density at radius 1 is 1.10 bits per heavy atom. The Labute approximate surface area is 239 Å². The number of carbonyl (C=O) groups excluding carboxylic acids is 2. The Morgan fingerprint density at radius 3 is 2.38 bits per heavy atom. The highest BCUT2D eigenvalue weighted by atomic mass is 16.6. The number of esters is 1. The molecule has 0 aromatic carbocycles. The molecule has 0 unspecified atom stereocenters. The molecule has 0 aromatic rings. The van der Waals surface area contributed by atoms with Crippen LogP contribution in [0.2, 0.25) is 0 Å². The molecule has 2 heterocycles. The van der Waals surface area contributed by atoms with Crippen molar-refractivity contribution in [2.24, 2.45) is 41.2 Å². The molecule has 2 rings (SSSR count). The maximum absolute atomic E-state index is 11.9. The van der Waals surface area contributed by atoms with Gasteiger partial charge in [0.1, 0.15) is 12.2 Å². The highest BCUT2D eigenvalue weighted by Crippen LogP contribution is 2.34. The van der Waals surface area contributed by atoms with E-state index in [1.807, 2.05) is 71.1 Å². The lowest BCUT2D eigenvalue weighted by Crippen LogP contribution is -2.50. The molecule has 0 spiro atoms. The average Bonchev–Trinajstić information content (AvgIpc) is 3.33. The minimum Gasteiger partial charge on any atom is -0.459 e. The Hall–Kier alpha value is -2.46. The Balaban J connectivity index is 1.89. The third-order valence-electron chi connectivity index (χ3n) is 8.42. The zero-order valence-electron chi connectivity index (χ0n) is 24.7. The van der Waals surface area contributed by atoms with Gasteiger partial charge in [-0.25, -0.2) is 4.79 Å². The summed E-state index contributed by atoms with van der Waals surface area (Å²) in [5.74, 6) is -1.69. The van der Waals surface area contributed by atoms with E-state index >= 15 is 0 Å². The van der Waals surface area contributed by atoms with E-state index in [9.17, 15) is 24.9 Å². The molecule has 9 heteroatoms. The van der Waals surface area contributed by atoms with Gasteiger partial charge in [-0.2, -0.15) is 0 Å². The first-order chi connectivity index (χ1) is 18.8. The Morgan fingerprint density at radius 2 is 1.75 bits per heavy atom. The lowest BCUT2D eigenvalue weighted by molar-refractivity contribution is -0.183. The molecule has 2 saturated heterocycles. The normalized spacial score (nSPS) is 31.2. The molecule has 6 N–H and O–H groups in total. The van der Waals surface area contributed by atoms with Crippen LogP contribution in [-0.2, 0) is 14.3 Å². The van der Waals surface area contributed by atoms with Gasteiger partial charge in [0.15, 0.2) is 0 Å². The van der Waals surface area contributed by atoms with E-state index in [-0.39, 0.29) is 41.7 Å². The molecule has 13 atom stereocenters. The number of amides is 2. The van der Waals surface area contributed by atoms with Gasteiger partial charge >= 0.3 is 12.0 Å². The summed E-state index contributed by atoms with van der Waals surface area (Å²) >= 11 is 0. The summed E-state index contributed by atoms with van der Waals surface area (Å²) in [4.78, 5) is 23.5. The molecular formula is C31H50N2O7. The molecular weight excluding hydrogens is 512 g/mol. The molecule has 0 aliphatic carbocycles. The monoisotopic (exact) mass is 562 g/mol. The molecule has 2 fully saturated rings. The van der Waals surface area contributed by atoms with Crippen LogP contribution >= 0.6 is 0 Å². The first-order valence-electron chi connectivity index (χ1n) is 14.4. The van der Waals surface area contributed by atoms with E-state index in [1.165, 1.54) is 0 Å². The first-order valence-corrected chi connectivity index (χ1v) is 14.4. The number of allylic oxidation sites excluding steroid dienone is 3. The van der Waals surface area contributed by atoms with E-state index < -0.39 is 48.4 Å². The van der Waals surface area contributed by atoms with Crippen LogP contribution in [0.1, 0.15) is 54.4 Å². The third kappa shape index (κ3) is 9.03. The number of aliphatic hydroxyl groups is 3. The Kier molecular flexibility index (Phi) is 13.1. The van der Waals surface area contributed by atoms with Crippen molar-refractivity contribution in [1.29, 1.82) is 0 Å². The highest BCUT2D eigenvalue weighted by molar-refractivity contribution is 5.74. The number of ether oxygens (including phenoxy) is 2. The van der Waals surface area contributed by atoms with Crippen LogP contribution in [0.25, 0.3) is 0 Å². The van der Waals surface area contributed by atoms with Crippen molar-refractivity contribution in [2.75, 3.05) is 0 Å². The van der Waals surface area contributed by atoms with E-state index in [0.29, 0.717) is 12.8 Å². The molecule has 9 nitrogen and oxygen atoms in total. The zero-order valence-corrected chi connectivity index (χ0v) is 24.7. The lowest BCUT2D eigenvalue weighted by Gasteiger charge is -2.34. The summed E-state index contributed by atoms with van der Waals surface area (Å²) in [7, 11) is 0. The topological polar surface area (TPSA) is 151 Å². The number of carbonyl (C=O) groups is 2. The van der Waals surface area contributed by atoms with Crippen molar-refractivity contribution >= 4 is 12.0 Å². The summed E-state index contributed by atoms with van der Waals surface area (Å²) in [6.45, 7) is 15.0. The fourth-order valence-electron chi connectivity index (χ4n) is 5.59. The number of hydrogen-bond acceptors (Lipinski definition) is 7. The van der Waals surface area contributed by atoms with Gasteiger partial charge in [-0.3, -0.25) is 4.79 Å². The number of hydrogen-bond donors (Lipinski definition) is 5. The summed E-state index contributed by atoms with van der Waals surface area (Å²) in [6, 6.07) is -0.968. The molecule has 2 aliphatic heterocycles. The predicted molar refractivity (Wildman–Crippen MR) is 155 cm³/mol. The number of nitrogens with two attached hydrogens (primary N) is 1. The molecule has 0 bridgehead atoms. The molecule has 0 aromatic heterocycles. The number of primary amides is 1. The molecule has 0 saturated carbocycles. The maximum atomic E-state index is 11.9. The summed E-state index contributed by atoms with van der Waals surface area (Å²) in [6.07, 6.45) is 10.7. The Bertz CT molecular complexity index is 935.